The Morgan fingerprint density at radius 1 is 1.41 bits per heavy atom. The quantitative estimate of drug-likeness (QED) is 0.795. The number of nitrogens with one attached hydrogen (secondary N) is 1. The van der Waals surface area contributed by atoms with E-state index in [1.165, 1.54) is 0 Å². The van der Waals surface area contributed by atoms with Gasteiger partial charge in [-0.3, -0.25) is 4.79 Å². The minimum atomic E-state index is -0.705. The maximum absolute atomic E-state index is 11.5. The number of hydrogen-bond acceptors (Lipinski definition) is 3. The van der Waals surface area contributed by atoms with Crippen LogP contribution < -0.4 is 15.8 Å². The molecule has 0 saturated heterocycles. The van der Waals surface area contributed by atoms with Crippen molar-refractivity contribution in [3.63, 3.8) is 0 Å². The molecule has 17 heavy (non-hydrogen) atoms. The van der Waals surface area contributed by atoms with Crippen molar-refractivity contribution < 1.29 is 9.53 Å². The number of primary amides is 1. The van der Waals surface area contributed by atoms with Crippen LogP contribution in [-0.4, -0.2) is 18.6 Å². The van der Waals surface area contributed by atoms with Crippen LogP contribution in [0.25, 0.3) is 0 Å². The predicted molar refractivity (Wildman–Crippen MR) is 69.1 cm³/mol. The van der Waals surface area contributed by atoms with Gasteiger partial charge in [0.2, 0.25) is 5.91 Å². The minimum absolute atomic E-state index is 0.338. The first kappa shape index (κ1) is 13.4. The highest BCUT2D eigenvalue weighted by Crippen LogP contribution is 2.22. The third-order valence-electron chi connectivity index (χ3n) is 2.80. The van der Waals surface area contributed by atoms with Gasteiger partial charge in [-0.2, -0.15) is 0 Å². The topological polar surface area (TPSA) is 64.3 Å². The average Bonchev–Trinajstić information content (AvgIpc) is 2.30. The maximum Gasteiger partial charge on any atom is 0.242 e. The summed E-state index contributed by atoms with van der Waals surface area (Å²) in [6, 6.07) is 7.43. The smallest absolute Gasteiger partial charge is 0.242 e. The molecule has 0 aliphatic carbocycles. The van der Waals surface area contributed by atoms with Crippen LogP contribution in [0.2, 0.25) is 0 Å². The van der Waals surface area contributed by atoms with E-state index < -0.39 is 5.54 Å². The first-order valence-electron chi connectivity index (χ1n) is 5.74. The van der Waals surface area contributed by atoms with E-state index in [0.717, 1.165) is 17.9 Å². The van der Waals surface area contributed by atoms with E-state index in [0.29, 0.717) is 6.42 Å². The number of ether oxygens (including phenoxy) is 1. The molecule has 1 amide bonds. The highest BCUT2D eigenvalue weighted by molar-refractivity contribution is 5.87. The van der Waals surface area contributed by atoms with Crippen LogP contribution in [0.1, 0.15) is 26.7 Å². The third-order valence-corrected chi connectivity index (χ3v) is 2.80. The second-order valence-corrected chi connectivity index (χ2v) is 4.30. The van der Waals surface area contributed by atoms with E-state index in [4.69, 9.17) is 10.5 Å². The monoisotopic (exact) mass is 236 g/mol. The van der Waals surface area contributed by atoms with Gasteiger partial charge >= 0.3 is 0 Å². The predicted octanol–water partition coefficient (Wildman–Crippen LogP) is 2.15. The summed E-state index contributed by atoms with van der Waals surface area (Å²) in [6.45, 7) is 3.85. The number of rotatable bonds is 6. The summed E-state index contributed by atoms with van der Waals surface area (Å²) >= 11 is 0. The zero-order valence-corrected chi connectivity index (χ0v) is 10.6. The maximum atomic E-state index is 11.5. The van der Waals surface area contributed by atoms with Crippen molar-refractivity contribution in [2.24, 2.45) is 5.73 Å². The molecule has 94 valence electrons. The van der Waals surface area contributed by atoms with Gasteiger partial charge < -0.3 is 15.8 Å². The second kappa shape index (κ2) is 5.57. The van der Waals surface area contributed by atoms with Crippen LogP contribution in [0.5, 0.6) is 5.75 Å². The van der Waals surface area contributed by atoms with Crippen LogP contribution in [0.15, 0.2) is 24.3 Å². The molecule has 0 aliphatic heterocycles. The fraction of sp³-hybridized carbons (Fsp3) is 0.462. The van der Waals surface area contributed by atoms with Crippen molar-refractivity contribution in [3.8, 4) is 5.75 Å². The standard InChI is InChI=1S/C13H20N2O2/c1-4-9-13(2,12(14)16)15-10-5-7-11(17-3)8-6-10/h5-8,15H,4,9H2,1-3H3,(H2,14,16). The highest BCUT2D eigenvalue weighted by atomic mass is 16.5. The first-order chi connectivity index (χ1) is 8.01. The summed E-state index contributed by atoms with van der Waals surface area (Å²) in [6.07, 6.45) is 1.59. The minimum Gasteiger partial charge on any atom is -0.497 e. The molecular weight excluding hydrogens is 216 g/mol. The molecule has 3 N–H and O–H groups in total. The average molecular weight is 236 g/mol. The number of hydrogen-bond donors (Lipinski definition) is 2. The Bertz CT molecular complexity index is 376. The summed E-state index contributed by atoms with van der Waals surface area (Å²) in [5.41, 5.74) is 5.59. The van der Waals surface area contributed by atoms with Crippen LogP contribution in [-0.2, 0) is 4.79 Å². The van der Waals surface area contributed by atoms with E-state index in [1.807, 2.05) is 38.1 Å². The summed E-state index contributed by atoms with van der Waals surface area (Å²) in [5, 5.41) is 3.18. The Hall–Kier alpha value is -1.71. The van der Waals surface area contributed by atoms with Crippen molar-refractivity contribution in [1.29, 1.82) is 0 Å². The van der Waals surface area contributed by atoms with Crippen LogP contribution in [0, 0.1) is 0 Å². The summed E-state index contributed by atoms with van der Waals surface area (Å²) in [5.74, 6) is 0.446. The second-order valence-electron chi connectivity index (χ2n) is 4.30. The van der Waals surface area contributed by atoms with Crippen molar-refractivity contribution in [3.05, 3.63) is 24.3 Å². The number of carbonyl (C=O) groups is 1. The zero-order valence-electron chi connectivity index (χ0n) is 10.6. The van der Waals surface area contributed by atoms with Gasteiger partial charge in [0, 0.05) is 5.69 Å². The van der Waals surface area contributed by atoms with Crippen molar-refractivity contribution in [2.75, 3.05) is 12.4 Å². The Morgan fingerprint density at radius 3 is 2.41 bits per heavy atom. The molecule has 4 heteroatoms. The molecule has 0 heterocycles. The fourth-order valence-electron chi connectivity index (χ4n) is 1.74. The van der Waals surface area contributed by atoms with Gasteiger partial charge in [-0.15, -0.1) is 0 Å². The van der Waals surface area contributed by atoms with E-state index in [1.54, 1.807) is 7.11 Å². The molecule has 4 nitrogen and oxygen atoms in total. The van der Waals surface area contributed by atoms with Gasteiger partial charge in [0.1, 0.15) is 11.3 Å². The van der Waals surface area contributed by atoms with Gasteiger partial charge in [0.05, 0.1) is 7.11 Å². The number of anilines is 1. The third kappa shape index (κ3) is 3.37. The number of carbonyl (C=O) groups excluding carboxylic acids is 1. The molecule has 0 fully saturated rings. The van der Waals surface area contributed by atoms with E-state index in [9.17, 15) is 4.79 Å². The lowest BCUT2D eigenvalue weighted by molar-refractivity contribution is -0.122. The van der Waals surface area contributed by atoms with Gasteiger partial charge in [0.25, 0.3) is 0 Å². The molecule has 0 radical (unpaired) electrons. The SMILES string of the molecule is CCCC(C)(Nc1ccc(OC)cc1)C(N)=O. The largest absolute Gasteiger partial charge is 0.497 e. The number of methoxy groups -OCH3 is 1. The molecule has 1 unspecified atom stereocenters. The van der Waals surface area contributed by atoms with Crippen LogP contribution in [0.3, 0.4) is 0 Å². The highest BCUT2D eigenvalue weighted by Gasteiger charge is 2.29. The first-order valence-corrected chi connectivity index (χ1v) is 5.74. The summed E-state index contributed by atoms with van der Waals surface area (Å²) in [7, 11) is 1.62. The van der Waals surface area contributed by atoms with Gasteiger partial charge in [-0.05, 0) is 37.6 Å². The van der Waals surface area contributed by atoms with Crippen molar-refractivity contribution in [1.82, 2.24) is 0 Å². The van der Waals surface area contributed by atoms with Crippen LogP contribution >= 0.6 is 0 Å². The molecule has 0 saturated carbocycles. The summed E-state index contributed by atoms with van der Waals surface area (Å²) in [4.78, 5) is 11.5. The zero-order chi connectivity index (χ0) is 12.9. The molecule has 0 bridgehead atoms. The molecule has 1 aromatic carbocycles. The van der Waals surface area contributed by atoms with Gasteiger partial charge in [-0.1, -0.05) is 13.3 Å². The Balaban J connectivity index is 2.82. The number of benzene rings is 1. The Morgan fingerprint density at radius 2 is 2.00 bits per heavy atom. The van der Waals surface area contributed by atoms with E-state index >= 15 is 0 Å². The number of amides is 1. The summed E-state index contributed by atoms with van der Waals surface area (Å²) < 4.78 is 5.07. The Kier molecular flexibility index (Phi) is 4.37. The lowest BCUT2D eigenvalue weighted by Crippen LogP contribution is -2.47. The number of nitrogens with two attached hydrogens (primary N) is 1. The van der Waals surface area contributed by atoms with Gasteiger partial charge in [-0.25, -0.2) is 0 Å². The molecule has 1 rings (SSSR count). The molecule has 0 aromatic heterocycles. The fourth-order valence-corrected chi connectivity index (χ4v) is 1.74. The lowest BCUT2D eigenvalue weighted by Gasteiger charge is -2.28. The molecule has 0 aliphatic rings. The molecule has 0 spiro atoms. The molecular formula is C13H20N2O2. The van der Waals surface area contributed by atoms with Gasteiger partial charge in [0.15, 0.2) is 0 Å². The van der Waals surface area contributed by atoms with Crippen molar-refractivity contribution >= 4 is 11.6 Å². The lowest BCUT2D eigenvalue weighted by atomic mass is 9.95. The van der Waals surface area contributed by atoms with Crippen LogP contribution in [0.4, 0.5) is 5.69 Å². The molecule has 1 aromatic rings. The van der Waals surface area contributed by atoms with E-state index in [2.05, 4.69) is 5.32 Å². The molecule has 1 atom stereocenters. The Labute approximate surface area is 102 Å². The normalized spacial score (nSPS) is 13.8. The van der Waals surface area contributed by atoms with E-state index in [-0.39, 0.29) is 5.91 Å². The van der Waals surface area contributed by atoms with Crippen molar-refractivity contribution in [2.45, 2.75) is 32.2 Å².